The molecule has 0 spiro atoms. The van der Waals surface area contributed by atoms with E-state index in [1.165, 1.54) is 22.5 Å². The third-order valence-corrected chi connectivity index (χ3v) is 5.48. The Morgan fingerprint density at radius 3 is 2.53 bits per heavy atom. The highest BCUT2D eigenvalue weighted by Crippen LogP contribution is 2.27. The number of aliphatic hydroxyl groups excluding tert-OH is 1. The Hall–Kier alpha value is -1.13. The molecule has 1 saturated heterocycles. The van der Waals surface area contributed by atoms with Gasteiger partial charge in [-0.05, 0) is 31.0 Å². The van der Waals surface area contributed by atoms with Gasteiger partial charge in [0.05, 0.1) is 22.8 Å². The molecule has 19 heavy (non-hydrogen) atoms. The van der Waals surface area contributed by atoms with Gasteiger partial charge in [0.25, 0.3) is 0 Å². The van der Waals surface area contributed by atoms with Crippen LogP contribution >= 0.6 is 11.6 Å². The quantitative estimate of drug-likeness (QED) is 0.894. The van der Waals surface area contributed by atoms with E-state index >= 15 is 0 Å². The molecule has 0 aliphatic carbocycles. The molecule has 0 radical (unpaired) electrons. The van der Waals surface area contributed by atoms with Crippen LogP contribution in [0.3, 0.4) is 0 Å². The predicted molar refractivity (Wildman–Crippen MR) is 70.2 cm³/mol. The van der Waals surface area contributed by atoms with Crippen LogP contribution in [0.25, 0.3) is 0 Å². The van der Waals surface area contributed by atoms with Crippen molar-refractivity contribution in [3.05, 3.63) is 28.8 Å². The minimum Gasteiger partial charge on any atom is -0.393 e. The third kappa shape index (κ3) is 2.90. The largest absolute Gasteiger partial charge is 0.393 e. The van der Waals surface area contributed by atoms with Crippen LogP contribution in [0.5, 0.6) is 0 Å². The highest BCUT2D eigenvalue weighted by Gasteiger charge is 2.30. The minimum atomic E-state index is -3.66. The van der Waals surface area contributed by atoms with Crippen LogP contribution in [0.15, 0.2) is 23.1 Å². The van der Waals surface area contributed by atoms with Gasteiger partial charge in [0, 0.05) is 13.1 Å². The topological polar surface area (TPSA) is 81.4 Å². The van der Waals surface area contributed by atoms with Crippen LogP contribution in [0.2, 0.25) is 5.02 Å². The summed E-state index contributed by atoms with van der Waals surface area (Å²) in [6, 6.07) is 6.02. The van der Waals surface area contributed by atoms with Crippen molar-refractivity contribution in [2.75, 3.05) is 13.1 Å². The zero-order chi connectivity index (χ0) is 14.0. The van der Waals surface area contributed by atoms with Crippen molar-refractivity contribution in [3.63, 3.8) is 0 Å². The molecule has 1 N–H and O–H groups in total. The van der Waals surface area contributed by atoms with Crippen LogP contribution in [-0.4, -0.2) is 37.0 Å². The molecule has 102 valence electrons. The molecule has 0 unspecified atom stereocenters. The lowest BCUT2D eigenvalue weighted by molar-refractivity contribution is 0.113. The molecule has 1 aromatic rings. The van der Waals surface area contributed by atoms with Gasteiger partial charge in [-0.2, -0.15) is 9.57 Å². The van der Waals surface area contributed by atoms with Gasteiger partial charge < -0.3 is 5.11 Å². The molecule has 5 nitrogen and oxygen atoms in total. The molecule has 0 saturated carbocycles. The fraction of sp³-hybridized carbons (Fsp3) is 0.417. The van der Waals surface area contributed by atoms with Crippen molar-refractivity contribution < 1.29 is 13.5 Å². The molecule has 1 aromatic carbocycles. The Kier molecular flexibility index (Phi) is 4.11. The molecule has 0 amide bonds. The minimum absolute atomic E-state index is 0.00422. The van der Waals surface area contributed by atoms with Crippen LogP contribution in [-0.2, 0) is 10.0 Å². The first-order valence-electron chi connectivity index (χ1n) is 5.83. The van der Waals surface area contributed by atoms with Crippen LogP contribution in [0.4, 0.5) is 0 Å². The standard InChI is InChI=1S/C12H13ClN2O3S/c13-11-7-9(8-14)1-2-12(11)19(17,18)15-5-3-10(16)4-6-15/h1-2,7,10,16H,3-6H2. The van der Waals surface area contributed by atoms with Crippen molar-refractivity contribution in [3.8, 4) is 6.07 Å². The SMILES string of the molecule is N#Cc1ccc(S(=O)(=O)N2CCC(O)CC2)c(Cl)c1. The number of sulfonamides is 1. The van der Waals surface area contributed by atoms with E-state index in [4.69, 9.17) is 16.9 Å². The first kappa shape index (κ1) is 14.3. The number of benzene rings is 1. The molecule has 7 heteroatoms. The molecule has 0 bridgehead atoms. The normalized spacial score (nSPS) is 18.2. The van der Waals surface area contributed by atoms with E-state index in [9.17, 15) is 13.5 Å². The summed E-state index contributed by atoms with van der Waals surface area (Å²) >= 11 is 5.93. The molecule has 2 rings (SSSR count). The van der Waals surface area contributed by atoms with E-state index in [1.807, 2.05) is 6.07 Å². The molecule has 1 fully saturated rings. The van der Waals surface area contributed by atoms with Crippen molar-refractivity contribution in [1.29, 1.82) is 5.26 Å². The van der Waals surface area contributed by atoms with E-state index in [0.29, 0.717) is 18.4 Å². The van der Waals surface area contributed by atoms with Gasteiger partial charge in [-0.1, -0.05) is 11.6 Å². The summed E-state index contributed by atoms with van der Waals surface area (Å²) in [5.74, 6) is 0. The average Bonchev–Trinajstić information content (AvgIpc) is 2.38. The summed E-state index contributed by atoms with van der Waals surface area (Å²) in [7, 11) is -3.66. The number of hydrogen-bond acceptors (Lipinski definition) is 4. The summed E-state index contributed by atoms with van der Waals surface area (Å²) < 4.78 is 26.1. The second kappa shape index (κ2) is 5.47. The zero-order valence-electron chi connectivity index (χ0n) is 10.1. The van der Waals surface area contributed by atoms with Gasteiger partial charge in [0.2, 0.25) is 10.0 Å². The first-order chi connectivity index (χ1) is 8.95. The molecular weight excluding hydrogens is 288 g/mol. The van der Waals surface area contributed by atoms with E-state index in [-0.39, 0.29) is 23.0 Å². The van der Waals surface area contributed by atoms with Gasteiger partial charge in [-0.25, -0.2) is 8.42 Å². The van der Waals surface area contributed by atoms with Crippen LogP contribution in [0, 0.1) is 11.3 Å². The first-order valence-corrected chi connectivity index (χ1v) is 7.65. The highest BCUT2D eigenvalue weighted by atomic mass is 35.5. The number of piperidine rings is 1. The van der Waals surface area contributed by atoms with Crippen LogP contribution in [0.1, 0.15) is 18.4 Å². The number of aliphatic hydroxyl groups is 1. The Balaban J connectivity index is 2.32. The Bertz CT molecular complexity index is 616. The van der Waals surface area contributed by atoms with Gasteiger partial charge >= 0.3 is 0 Å². The molecule has 1 aliphatic heterocycles. The van der Waals surface area contributed by atoms with E-state index in [0.717, 1.165) is 0 Å². The Morgan fingerprint density at radius 2 is 2.00 bits per heavy atom. The van der Waals surface area contributed by atoms with Gasteiger partial charge in [-0.3, -0.25) is 0 Å². The van der Waals surface area contributed by atoms with E-state index in [2.05, 4.69) is 0 Å². The lowest BCUT2D eigenvalue weighted by Gasteiger charge is -2.29. The Morgan fingerprint density at radius 1 is 1.37 bits per heavy atom. The highest BCUT2D eigenvalue weighted by molar-refractivity contribution is 7.89. The smallest absolute Gasteiger partial charge is 0.244 e. The zero-order valence-corrected chi connectivity index (χ0v) is 11.7. The number of nitriles is 1. The monoisotopic (exact) mass is 300 g/mol. The maximum absolute atomic E-state index is 12.4. The van der Waals surface area contributed by atoms with Crippen molar-refractivity contribution in [2.24, 2.45) is 0 Å². The van der Waals surface area contributed by atoms with Crippen LogP contribution < -0.4 is 0 Å². The summed E-state index contributed by atoms with van der Waals surface area (Å²) in [6.45, 7) is 0.555. The number of rotatable bonds is 2. The molecule has 0 aromatic heterocycles. The summed E-state index contributed by atoms with van der Waals surface area (Å²) in [6.07, 6.45) is 0.406. The average molecular weight is 301 g/mol. The summed E-state index contributed by atoms with van der Waals surface area (Å²) in [5.41, 5.74) is 0.318. The number of hydrogen-bond donors (Lipinski definition) is 1. The Labute approximate surface area is 117 Å². The van der Waals surface area contributed by atoms with Gasteiger partial charge in [0.15, 0.2) is 0 Å². The maximum Gasteiger partial charge on any atom is 0.244 e. The van der Waals surface area contributed by atoms with Crippen molar-refractivity contribution in [1.82, 2.24) is 4.31 Å². The second-order valence-electron chi connectivity index (χ2n) is 4.39. The second-order valence-corrected chi connectivity index (χ2v) is 6.71. The predicted octanol–water partition coefficient (Wildman–Crippen LogP) is 1.36. The number of nitrogens with zero attached hydrogens (tertiary/aromatic N) is 2. The molecule has 0 atom stereocenters. The van der Waals surface area contributed by atoms with Crippen molar-refractivity contribution >= 4 is 21.6 Å². The fourth-order valence-corrected chi connectivity index (χ4v) is 3.99. The summed E-state index contributed by atoms with van der Waals surface area (Å²) in [5, 5.41) is 18.2. The van der Waals surface area contributed by atoms with E-state index in [1.54, 1.807) is 0 Å². The lowest BCUT2D eigenvalue weighted by atomic mass is 10.1. The van der Waals surface area contributed by atoms with Gasteiger partial charge in [0.1, 0.15) is 4.90 Å². The van der Waals surface area contributed by atoms with Gasteiger partial charge in [-0.15, -0.1) is 0 Å². The number of halogens is 1. The molecule has 1 heterocycles. The van der Waals surface area contributed by atoms with Crippen molar-refractivity contribution in [2.45, 2.75) is 23.8 Å². The summed E-state index contributed by atoms with van der Waals surface area (Å²) in [4.78, 5) is 0.00422. The molecule has 1 aliphatic rings. The fourth-order valence-electron chi connectivity index (χ4n) is 2.00. The van der Waals surface area contributed by atoms with E-state index < -0.39 is 16.1 Å². The molecular formula is C12H13ClN2O3S. The lowest BCUT2D eigenvalue weighted by Crippen LogP contribution is -2.40. The third-order valence-electron chi connectivity index (χ3n) is 3.10. The maximum atomic E-state index is 12.4.